The number of rotatable bonds is 4. The molecule has 0 aliphatic carbocycles. The third-order valence-electron chi connectivity index (χ3n) is 3.72. The second kappa shape index (κ2) is 5.70. The molecule has 102 valence electrons. The highest BCUT2D eigenvalue weighted by molar-refractivity contribution is 5.71. The van der Waals surface area contributed by atoms with E-state index >= 15 is 0 Å². The first-order valence-corrected chi connectivity index (χ1v) is 7.30. The Morgan fingerprint density at radius 1 is 1.42 bits per heavy atom. The topological polar surface area (TPSA) is 39.9 Å². The fourth-order valence-corrected chi connectivity index (χ4v) is 2.77. The standard InChI is InChI=1S/C15H21N3O/c1-2-6-14-17-13-8-5-9-16-15(13)18(14)11-12-7-3-4-10-19-12/h5,8-9,12H,2-4,6-7,10-11H2,1H3. The zero-order valence-electron chi connectivity index (χ0n) is 11.5. The monoisotopic (exact) mass is 259 g/mol. The summed E-state index contributed by atoms with van der Waals surface area (Å²) in [6, 6.07) is 3.99. The van der Waals surface area contributed by atoms with Gasteiger partial charge in [-0.05, 0) is 37.8 Å². The molecule has 3 heterocycles. The molecule has 3 rings (SSSR count). The largest absolute Gasteiger partial charge is 0.376 e. The molecule has 4 heteroatoms. The molecular weight excluding hydrogens is 238 g/mol. The summed E-state index contributed by atoms with van der Waals surface area (Å²) < 4.78 is 8.12. The van der Waals surface area contributed by atoms with Crippen molar-refractivity contribution in [1.29, 1.82) is 0 Å². The van der Waals surface area contributed by atoms with E-state index in [0.717, 1.165) is 49.4 Å². The third kappa shape index (κ3) is 2.63. The second-order valence-corrected chi connectivity index (χ2v) is 5.22. The summed E-state index contributed by atoms with van der Waals surface area (Å²) in [4.78, 5) is 9.21. The number of aromatic nitrogens is 3. The lowest BCUT2D eigenvalue weighted by atomic mass is 10.1. The predicted molar refractivity (Wildman–Crippen MR) is 75.1 cm³/mol. The van der Waals surface area contributed by atoms with E-state index in [1.54, 1.807) is 0 Å². The van der Waals surface area contributed by atoms with Crippen molar-refractivity contribution in [2.75, 3.05) is 6.61 Å². The lowest BCUT2D eigenvalue weighted by Gasteiger charge is -2.23. The van der Waals surface area contributed by atoms with Crippen molar-refractivity contribution in [3.05, 3.63) is 24.2 Å². The molecule has 4 nitrogen and oxygen atoms in total. The van der Waals surface area contributed by atoms with Gasteiger partial charge in [0.25, 0.3) is 0 Å². The summed E-state index contributed by atoms with van der Waals surface area (Å²) >= 11 is 0. The summed E-state index contributed by atoms with van der Waals surface area (Å²) in [6.07, 6.45) is 7.90. The van der Waals surface area contributed by atoms with Gasteiger partial charge in [0.1, 0.15) is 11.3 Å². The zero-order chi connectivity index (χ0) is 13.1. The average molecular weight is 259 g/mol. The number of pyridine rings is 1. The summed E-state index contributed by atoms with van der Waals surface area (Å²) in [6.45, 7) is 3.98. The Labute approximate surface area is 113 Å². The molecule has 2 aromatic rings. The summed E-state index contributed by atoms with van der Waals surface area (Å²) in [7, 11) is 0. The van der Waals surface area contributed by atoms with Crippen LogP contribution in [0, 0.1) is 0 Å². The average Bonchev–Trinajstić information content (AvgIpc) is 2.79. The minimum atomic E-state index is 0.323. The molecule has 2 aromatic heterocycles. The van der Waals surface area contributed by atoms with Crippen molar-refractivity contribution in [1.82, 2.24) is 14.5 Å². The molecule has 0 spiro atoms. The molecule has 0 bridgehead atoms. The van der Waals surface area contributed by atoms with Crippen LogP contribution in [0.2, 0.25) is 0 Å². The smallest absolute Gasteiger partial charge is 0.160 e. The Balaban J connectivity index is 1.92. The second-order valence-electron chi connectivity index (χ2n) is 5.22. The van der Waals surface area contributed by atoms with Crippen molar-refractivity contribution in [3.8, 4) is 0 Å². The molecule has 0 saturated carbocycles. The van der Waals surface area contributed by atoms with Crippen LogP contribution in [0.4, 0.5) is 0 Å². The van der Waals surface area contributed by atoms with E-state index in [4.69, 9.17) is 9.72 Å². The number of hydrogen-bond donors (Lipinski definition) is 0. The van der Waals surface area contributed by atoms with Crippen LogP contribution in [0.5, 0.6) is 0 Å². The maximum Gasteiger partial charge on any atom is 0.160 e. The van der Waals surface area contributed by atoms with Crippen molar-refractivity contribution < 1.29 is 4.74 Å². The third-order valence-corrected chi connectivity index (χ3v) is 3.72. The van der Waals surface area contributed by atoms with Crippen LogP contribution in [0.1, 0.15) is 38.4 Å². The molecule has 0 aromatic carbocycles. The zero-order valence-corrected chi connectivity index (χ0v) is 11.5. The van der Waals surface area contributed by atoms with Crippen LogP contribution in [0.25, 0.3) is 11.2 Å². The molecule has 1 aliphatic rings. The van der Waals surface area contributed by atoms with Crippen LogP contribution < -0.4 is 0 Å². The van der Waals surface area contributed by atoms with E-state index < -0.39 is 0 Å². The Morgan fingerprint density at radius 2 is 2.37 bits per heavy atom. The molecular formula is C15H21N3O. The molecule has 19 heavy (non-hydrogen) atoms. The molecule has 1 fully saturated rings. The van der Waals surface area contributed by atoms with Gasteiger partial charge >= 0.3 is 0 Å². The van der Waals surface area contributed by atoms with Gasteiger partial charge in [0.15, 0.2) is 5.65 Å². The Morgan fingerprint density at radius 3 is 3.16 bits per heavy atom. The summed E-state index contributed by atoms with van der Waals surface area (Å²) in [5, 5.41) is 0. The van der Waals surface area contributed by atoms with E-state index in [0.29, 0.717) is 6.10 Å². The fraction of sp³-hybridized carbons (Fsp3) is 0.600. The quantitative estimate of drug-likeness (QED) is 0.847. The molecule has 1 aliphatic heterocycles. The number of aryl methyl sites for hydroxylation is 1. The van der Waals surface area contributed by atoms with Gasteiger partial charge in [0.05, 0.1) is 12.6 Å². The van der Waals surface area contributed by atoms with E-state index in [9.17, 15) is 0 Å². The first-order valence-electron chi connectivity index (χ1n) is 7.30. The maximum absolute atomic E-state index is 5.86. The van der Waals surface area contributed by atoms with E-state index in [1.807, 2.05) is 18.3 Å². The van der Waals surface area contributed by atoms with Crippen molar-refractivity contribution in [2.45, 2.75) is 51.7 Å². The van der Waals surface area contributed by atoms with Crippen LogP contribution in [0.15, 0.2) is 18.3 Å². The van der Waals surface area contributed by atoms with Crippen molar-refractivity contribution in [3.63, 3.8) is 0 Å². The van der Waals surface area contributed by atoms with E-state index in [2.05, 4.69) is 16.5 Å². The van der Waals surface area contributed by atoms with Crippen molar-refractivity contribution >= 4 is 11.2 Å². The van der Waals surface area contributed by atoms with Gasteiger partial charge in [-0.3, -0.25) is 0 Å². The van der Waals surface area contributed by atoms with E-state index in [1.165, 1.54) is 12.8 Å². The molecule has 1 saturated heterocycles. The highest BCUT2D eigenvalue weighted by Crippen LogP contribution is 2.20. The van der Waals surface area contributed by atoms with Gasteiger partial charge in [-0.15, -0.1) is 0 Å². The lowest BCUT2D eigenvalue weighted by Crippen LogP contribution is -2.25. The maximum atomic E-state index is 5.86. The molecule has 0 amide bonds. The van der Waals surface area contributed by atoms with Gasteiger partial charge < -0.3 is 9.30 Å². The summed E-state index contributed by atoms with van der Waals surface area (Å²) in [5.41, 5.74) is 2.00. The molecule has 1 atom stereocenters. The number of ether oxygens (including phenoxy) is 1. The van der Waals surface area contributed by atoms with Gasteiger partial charge in [0.2, 0.25) is 0 Å². The van der Waals surface area contributed by atoms with E-state index in [-0.39, 0.29) is 0 Å². The minimum Gasteiger partial charge on any atom is -0.376 e. The normalized spacial score (nSPS) is 19.9. The summed E-state index contributed by atoms with van der Waals surface area (Å²) in [5.74, 6) is 1.14. The number of fused-ring (bicyclic) bond motifs is 1. The first-order chi connectivity index (χ1) is 9.38. The molecule has 1 unspecified atom stereocenters. The van der Waals surface area contributed by atoms with Gasteiger partial charge in [-0.2, -0.15) is 0 Å². The van der Waals surface area contributed by atoms with Gasteiger partial charge in [-0.25, -0.2) is 9.97 Å². The molecule has 0 radical (unpaired) electrons. The number of nitrogens with zero attached hydrogens (tertiary/aromatic N) is 3. The predicted octanol–water partition coefficient (Wildman–Crippen LogP) is 2.95. The minimum absolute atomic E-state index is 0.323. The Bertz CT molecular complexity index is 543. The number of imidazole rings is 1. The van der Waals surface area contributed by atoms with Crippen LogP contribution in [-0.2, 0) is 17.7 Å². The first kappa shape index (κ1) is 12.6. The van der Waals surface area contributed by atoms with Gasteiger partial charge in [0, 0.05) is 19.2 Å². The highest BCUT2D eigenvalue weighted by atomic mass is 16.5. The SMILES string of the molecule is CCCc1nc2cccnc2n1CC1CCCCO1. The van der Waals surface area contributed by atoms with Gasteiger partial charge in [-0.1, -0.05) is 6.92 Å². The number of hydrogen-bond acceptors (Lipinski definition) is 3. The highest BCUT2D eigenvalue weighted by Gasteiger charge is 2.18. The fourth-order valence-electron chi connectivity index (χ4n) is 2.77. The van der Waals surface area contributed by atoms with Crippen molar-refractivity contribution in [2.24, 2.45) is 0 Å². The van der Waals surface area contributed by atoms with Crippen LogP contribution >= 0.6 is 0 Å². The molecule has 0 N–H and O–H groups in total. The Kier molecular flexibility index (Phi) is 3.78. The lowest BCUT2D eigenvalue weighted by molar-refractivity contribution is 0.00610. The Hall–Kier alpha value is -1.42. The van der Waals surface area contributed by atoms with Crippen LogP contribution in [-0.4, -0.2) is 27.2 Å². The van der Waals surface area contributed by atoms with Crippen LogP contribution in [0.3, 0.4) is 0 Å².